The first-order valence-electron chi connectivity index (χ1n) is 7.83. The van der Waals surface area contributed by atoms with Crippen LogP contribution in [-0.2, 0) is 6.61 Å². The average molecular weight is 432 g/mol. The van der Waals surface area contributed by atoms with Crippen LogP contribution in [0.3, 0.4) is 0 Å². The molecule has 2 aromatic heterocycles. The van der Waals surface area contributed by atoms with E-state index in [1.54, 1.807) is 23.4 Å². The van der Waals surface area contributed by atoms with Gasteiger partial charge < -0.3 is 26.4 Å². The number of nitrogens with two attached hydrogens (primary N) is 2. The number of amides is 2. The predicted octanol–water partition coefficient (Wildman–Crippen LogP) is 1.37. The lowest BCUT2D eigenvalue weighted by atomic mass is 10.3. The third kappa shape index (κ3) is 4.83. The molecule has 1 saturated heterocycles. The number of nitrogen functional groups attached to an aromatic ring is 1. The molecule has 1 aliphatic heterocycles. The highest BCUT2D eigenvalue weighted by atomic mass is 35.5. The van der Waals surface area contributed by atoms with Crippen molar-refractivity contribution in [2.45, 2.75) is 16.5 Å². The third-order valence-corrected chi connectivity index (χ3v) is 5.41. The SMILES string of the molecule is Cl.NC(=O)N1CCN(c2ncc(Sc3ccnc(N)c3Cl)nc2CO)CC1. The Bertz CT molecular complexity index is 819. The lowest BCUT2D eigenvalue weighted by Crippen LogP contribution is -2.51. The Morgan fingerprint density at radius 3 is 2.63 bits per heavy atom. The second-order valence-electron chi connectivity index (χ2n) is 5.56. The second kappa shape index (κ2) is 9.27. The van der Waals surface area contributed by atoms with E-state index in [0.29, 0.717) is 52.6 Å². The number of hydrogen-bond donors (Lipinski definition) is 3. The first kappa shape index (κ1) is 21.3. The van der Waals surface area contributed by atoms with Gasteiger partial charge in [0.25, 0.3) is 0 Å². The van der Waals surface area contributed by atoms with Crippen LogP contribution in [0.15, 0.2) is 28.4 Å². The molecule has 27 heavy (non-hydrogen) atoms. The smallest absolute Gasteiger partial charge is 0.314 e. The molecule has 0 spiro atoms. The van der Waals surface area contributed by atoms with Crippen molar-refractivity contribution in [3.63, 3.8) is 0 Å². The van der Waals surface area contributed by atoms with Gasteiger partial charge in [-0.05, 0) is 6.07 Å². The monoisotopic (exact) mass is 431 g/mol. The summed E-state index contributed by atoms with van der Waals surface area (Å²) in [4.78, 5) is 28.3. The molecular weight excluding hydrogens is 413 g/mol. The molecular formula is C15H19Cl2N7O2S. The molecule has 9 nitrogen and oxygen atoms in total. The van der Waals surface area contributed by atoms with E-state index >= 15 is 0 Å². The highest BCUT2D eigenvalue weighted by Gasteiger charge is 2.23. The quantitative estimate of drug-likeness (QED) is 0.660. The van der Waals surface area contributed by atoms with Gasteiger partial charge in [0.05, 0.1) is 17.8 Å². The average Bonchev–Trinajstić information content (AvgIpc) is 2.65. The van der Waals surface area contributed by atoms with Crippen molar-refractivity contribution in [3.05, 3.63) is 29.2 Å². The number of nitrogens with zero attached hydrogens (tertiary/aromatic N) is 5. The maximum atomic E-state index is 11.2. The van der Waals surface area contributed by atoms with E-state index in [0.717, 1.165) is 0 Å². The topological polar surface area (TPSA) is 134 Å². The van der Waals surface area contributed by atoms with Gasteiger partial charge in [-0.25, -0.2) is 19.7 Å². The standard InChI is InChI=1S/C15H18ClN7O2S.ClH/c16-12-10(1-2-19-13(12)17)26-11-7-20-14(9(8-24)21-11)22-3-5-23(6-4-22)15(18)25;/h1-2,7,24H,3-6,8H2,(H2,17,19)(H2,18,25);1H. The van der Waals surface area contributed by atoms with Crippen molar-refractivity contribution in [1.82, 2.24) is 19.9 Å². The molecule has 1 fully saturated rings. The summed E-state index contributed by atoms with van der Waals surface area (Å²) in [6.07, 6.45) is 3.18. The number of pyridine rings is 1. The van der Waals surface area contributed by atoms with Gasteiger partial charge in [-0.1, -0.05) is 23.4 Å². The van der Waals surface area contributed by atoms with Crippen molar-refractivity contribution in [2.24, 2.45) is 5.73 Å². The molecule has 0 unspecified atom stereocenters. The van der Waals surface area contributed by atoms with E-state index < -0.39 is 6.03 Å². The maximum absolute atomic E-state index is 11.2. The predicted molar refractivity (Wildman–Crippen MR) is 106 cm³/mol. The van der Waals surface area contributed by atoms with Crippen LogP contribution in [0.2, 0.25) is 5.02 Å². The molecule has 12 heteroatoms. The Kier molecular flexibility index (Phi) is 7.31. The molecule has 3 heterocycles. The molecule has 3 rings (SSSR count). The summed E-state index contributed by atoms with van der Waals surface area (Å²) in [7, 11) is 0. The van der Waals surface area contributed by atoms with E-state index in [9.17, 15) is 9.90 Å². The summed E-state index contributed by atoms with van der Waals surface area (Å²) >= 11 is 7.45. The zero-order valence-electron chi connectivity index (χ0n) is 14.2. The van der Waals surface area contributed by atoms with E-state index in [1.807, 2.05) is 4.90 Å². The minimum Gasteiger partial charge on any atom is -0.390 e. The van der Waals surface area contributed by atoms with Crippen LogP contribution in [0.25, 0.3) is 0 Å². The number of rotatable bonds is 4. The fourth-order valence-corrected chi connectivity index (χ4v) is 3.63. The summed E-state index contributed by atoms with van der Waals surface area (Å²) in [6.45, 7) is 1.90. The zero-order valence-corrected chi connectivity index (χ0v) is 16.6. The minimum atomic E-state index is -0.432. The van der Waals surface area contributed by atoms with Crippen LogP contribution in [0.1, 0.15) is 5.69 Å². The Balaban J connectivity index is 0.00000261. The first-order valence-corrected chi connectivity index (χ1v) is 9.03. The van der Waals surface area contributed by atoms with E-state index in [-0.39, 0.29) is 24.8 Å². The first-order chi connectivity index (χ1) is 12.5. The minimum absolute atomic E-state index is 0. The number of piperazine rings is 1. The summed E-state index contributed by atoms with van der Waals surface area (Å²) < 4.78 is 0. The van der Waals surface area contributed by atoms with Gasteiger partial charge in [0.2, 0.25) is 0 Å². The Labute approximate surface area is 171 Å². The van der Waals surface area contributed by atoms with Gasteiger partial charge in [0.1, 0.15) is 16.5 Å². The largest absolute Gasteiger partial charge is 0.390 e. The summed E-state index contributed by atoms with van der Waals surface area (Å²) in [5, 5.41) is 10.6. The summed E-state index contributed by atoms with van der Waals surface area (Å²) in [5.74, 6) is 0.845. The Morgan fingerprint density at radius 2 is 2.00 bits per heavy atom. The van der Waals surface area contributed by atoms with E-state index in [1.165, 1.54) is 11.8 Å². The fourth-order valence-electron chi connectivity index (χ4n) is 2.59. The number of aromatic nitrogens is 3. The lowest BCUT2D eigenvalue weighted by molar-refractivity contribution is 0.203. The van der Waals surface area contributed by atoms with Crippen LogP contribution in [0.5, 0.6) is 0 Å². The normalized spacial score (nSPS) is 14.0. The van der Waals surface area contributed by atoms with Gasteiger partial charge in [-0.2, -0.15) is 0 Å². The number of primary amides is 1. The van der Waals surface area contributed by atoms with Gasteiger partial charge in [0.15, 0.2) is 5.82 Å². The highest BCUT2D eigenvalue weighted by molar-refractivity contribution is 7.99. The summed E-state index contributed by atoms with van der Waals surface area (Å²) in [6, 6.07) is 1.30. The van der Waals surface area contributed by atoms with Crippen LogP contribution in [-0.4, -0.2) is 57.2 Å². The van der Waals surface area contributed by atoms with Gasteiger partial charge in [0, 0.05) is 37.3 Å². The molecule has 0 radical (unpaired) electrons. The molecule has 5 N–H and O–H groups in total. The van der Waals surface area contributed by atoms with Gasteiger partial charge in [-0.15, -0.1) is 12.4 Å². The molecule has 2 aromatic rings. The molecule has 0 saturated carbocycles. The maximum Gasteiger partial charge on any atom is 0.314 e. The van der Waals surface area contributed by atoms with Crippen LogP contribution in [0, 0.1) is 0 Å². The number of carbonyl (C=O) groups is 1. The van der Waals surface area contributed by atoms with Crippen molar-refractivity contribution >= 4 is 53.4 Å². The van der Waals surface area contributed by atoms with Crippen LogP contribution in [0.4, 0.5) is 16.4 Å². The molecule has 0 aliphatic carbocycles. The van der Waals surface area contributed by atoms with Gasteiger partial charge >= 0.3 is 6.03 Å². The zero-order chi connectivity index (χ0) is 18.7. The number of halogens is 2. The number of carbonyl (C=O) groups excluding carboxylic acids is 1. The number of aliphatic hydroxyl groups excluding tert-OH is 1. The highest BCUT2D eigenvalue weighted by Crippen LogP contribution is 2.35. The molecule has 146 valence electrons. The molecule has 0 bridgehead atoms. The molecule has 0 aromatic carbocycles. The van der Waals surface area contributed by atoms with Crippen LogP contribution >= 0.6 is 35.8 Å². The Hall–Kier alpha value is -2.01. The Morgan fingerprint density at radius 1 is 1.30 bits per heavy atom. The van der Waals surface area contributed by atoms with Gasteiger partial charge in [-0.3, -0.25) is 0 Å². The van der Waals surface area contributed by atoms with Crippen molar-refractivity contribution in [2.75, 3.05) is 36.8 Å². The number of hydrogen-bond acceptors (Lipinski definition) is 8. The number of anilines is 2. The molecule has 2 amide bonds. The number of urea groups is 1. The third-order valence-electron chi connectivity index (χ3n) is 3.94. The molecule has 0 atom stereocenters. The van der Waals surface area contributed by atoms with Crippen molar-refractivity contribution in [3.8, 4) is 0 Å². The number of aliphatic hydroxyl groups is 1. The molecule has 1 aliphatic rings. The van der Waals surface area contributed by atoms with E-state index in [2.05, 4.69) is 15.0 Å². The summed E-state index contributed by atoms with van der Waals surface area (Å²) in [5.41, 5.74) is 11.5. The van der Waals surface area contributed by atoms with Crippen molar-refractivity contribution in [1.29, 1.82) is 0 Å². The fraction of sp³-hybridized carbons (Fsp3) is 0.333. The van der Waals surface area contributed by atoms with Crippen LogP contribution < -0.4 is 16.4 Å². The van der Waals surface area contributed by atoms with E-state index in [4.69, 9.17) is 23.1 Å². The second-order valence-corrected chi connectivity index (χ2v) is 7.00. The lowest BCUT2D eigenvalue weighted by Gasteiger charge is -2.35. The van der Waals surface area contributed by atoms with Crippen molar-refractivity contribution < 1.29 is 9.90 Å².